The average Bonchev–Trinajstić information content (AvgIpc) is 3.21. The first-order chi connectivity index (χ1) is 13.8. The molecule has 0 saturated carbocycles. The minimum atomic E-state index is 0.609. The topological polar surface area (TPSA) is 45.4 Å². The van der Waals surface area contributed by atoms with Crippen LogP contribution >= 0.6 is 11.8 Å². The highest BCUT2D eigenvalue weighted by Gasteiger charge is 2.17. The number of rotatable bonds is 7. The molecule has 0 aliphatic carbocycles. The van der Waals surface area contributed by atoms with Crippen LogP contribution in [0.25, 0.3) is 11.5 Å². The lowest BCUT2D eigenvalue weighted by molar-refractivity contribution is 0.259. The van der Waals surface area contributed by atoms with E-state index in [-0.39, 0.29) is 0 Å². The van der Waals surface area contributed by atoms with Gasteiger partial charge in [0, 0.05) is 43.2 Å². The Hall–Kier alpha value is -2.31. The number of aromatic nitrogens is 2. The number of anilines is 1. The first-order valence-electron chi connectivity index (χ1n) is 9.84. The lowest BCUT2D eigenvalue weighted by Crippen LogP contribution is -2.46. The molecule has 1 saturated heterocycles. The molecule has 3 aromatic rings. The molecule has 1 aliphatic heterocycles. The molecule has 6 heteroatoms. The Morgan fingerprint density at radius 2 is 1.68 bits per heavy atom. The molecule has 146 valence electrons. The maximum atomic E-state index is 5.83. The fourth-order valence-corrected chi connectivity index (χ4v) is 4.19. The second kappa shape index (κ2) is 9.26. The van der Waals surface area contributed by atoms with Gasteiger partial charge in [-0.25, -0.2) is 0 Å². The summed E-state index contributed by atoms with van der Waals surface area (Å²) in [6.45, 7) is 7.62. The van der Waals surface area contributed by atoms with Crippen LogP contribution in [-0.4, -0.2) is 53.6 Å². The summed E-state index contributed by atoms with van der Waals surface area (Å²) in [5, 5.41) is 9.05. The van der Waals surface area contributed by atoms with Crippen LogP contribution in [0.5, 0.6) is 0 Å². The quantitative estimate of drug-likeness (QED) is 0.439. The number of piperazine rings is 1. The maximum absolute atomic E-state index is 5.83. The Balaban J connectivity index is 1.18. The van der Waals surface area contributed by atoms with Crippen LogP contribution in [0.2, 0.25) is 0 Å². The third-order valence-electron chi connectivity index (χ3n) is 5.12. The van der Waals surface area contributed by atoms with Crippen LogP contribution in [0.4, 0.5) is 5.69 Å². The number of para-hydroxylation sites is 1. The number of aryl methyl sites for hydroxylation is 1. The second-order valence-electron chi connectivity index (χ2n) is 7.05. The summed E-state index contributed by atoms with van der Waals surface area (Å²) >= 11 is 1.65. The minimum absolute atomic E-state index is 0.609. The van der Waals surface area contributed by atoms with Gasteiger partial charge in [-0.05, 0) is 43.7 Å². The Labute approximate surface area is 170 Å². The van der Waals surface area contributed by atoms with Crippen LogP contribution in [0.15, 0.2) is 64.2 Å². The van der Waals surface area contributed by atoms with Gasteiger partial charge < -0.3 is 9.32 Å². The van der Waals surface area contributed by atoms with Crippen molar-refractivity contribution in [2.45, 2.75) is 18.6 Å². The molecule has 0 bridgehead atoms. The molecule has 0 amide bonds. The Morgan fingerprint density at radius 1 is 0.929 bits per heavy atom. The summed E-state index contributed by atoms with van der Waals surface area (Å²) < 4.78 is 5.83. The molecule has 5 nitrogen and oxygen atoms in total. The molecular formula is C22H26N4OS. The second-order valence-corrected chi connectivity index (χ2v) is 8.10. The van der Waals surface area contributed by atoms with E-state index >= 15 is 0 Å². The van der Waals surface area contributed by atoms with E-state index in [0.29, 0.717) is 11.1 Å². The van der Waals surface area contributed by atoms with Crippen molar-refractivity contribution in [1.82, 2.24) is 15.1 Å². The molecule has 0 radical (unpaired) electrons. The number of thioether (sulfide) groups is 1. The van der Waals surface area contributed by atoms with Crippen molar-refractivity contribution in [1.29, 1.82) is 0 Å². The summed E-state index contributed by atoms with van der Waals surface area (Å²) in [5.74, 6) is 1.60. The van der Waals surface area contributed by atoms with Crippen molar-refractivity contribution in [2.75, 3.05) is 43.4 Å². The van der Waals surface area contributed by atoms with E-state index in [9.17, 15) is 0 Å². The molecule has 2 aromatic carbocycles. The molecule has 28 heavy (non-hydrogen) atoms. The van der Waals surface area contributed by atoms with Gasteiger partial charge in [-0.1, -0.05) is 48.2 Å². The predicted octanol–water partition coefficient (Wildman–Crippen LogP) is 4.35. The van der Waals surface area contributed by atoms with E-state index < -0.39 is 0 Å². The van der Waals surface area contributed by atoms with Crippen LogP contribution < -0.4 is 4.90 Å². The summed E-state index contributed by atoms with van der Waals surface area (Å²) in [4.78, 5) is 5.02. The van der Waals surface area contributed by atoms with Crippen molar-refractivity contribution >= 4 is 17.4 Å². The molecule has 2 heterocycles. The highest BCUT2D eigenvalue weighted by Crippen LogP contribution is 2.25. The summed E-state index contributed by atoms with van der Waals surface area (Å²) in [5.41, 5.74) is 3.49. The van der Waals surface area contributed by atoms with Gasteiger partial charge in [0.1, 0.15) is 0 Å². The average molecular weight is 395 g/mol. The standard InChI is InChI=1S/C22H26N4OS/c1-18-8-5-6-11-20(18)21-23-24-22(27-21)28-17-7-12-25-13-15-26(16-14-25)19-9-3-2-4-10-19/h2-6,8-11H,7,12-17H2,1H3. The van der Waals surface area contributed by atoms with Gasteiger partial charge in [-0.15, -0.1) is 10.2 Å². The van der Waals surface area contributed by atoms with Crippen molar-refractivity contribution in [2.24, 2.45) is 0 Å². The van der Waals surface area contributed by atoms with Crippen LogP contribution in [0.1, 0.15) is 12.0 Å². The zero-order valence-electron chi connectivity index (χ0n) is 16.3. The fourth-order valence-electron chi connectivity index (χ4n) is 3.51. The smallest absolute Gasteiger partial charge is 0.276 e. The zero-order valence-corrected chi connectivity index (χ0v) is 17.1. The molecule has 0 spiro atoms. The Bertz CT molecular complexity index is 875. The fraction of sp³-hybridized carbons (Fsp3) is 0.364. The van der Waals surface area contributed by atoms with Crippen molar-refractivity contribution in [3.05, 3.63) is 60.2 Å². The molecule has 0 atom stereocenters. The lowest BCUT2D eigenvalue weighted by atomic mass is 10.1. The molecule has 0 unspecified atom stereocenters. The summed E-state index contributed by atoms with van der Waals surface area (Å²) in [7, 11) is 0. The van der Waals surface area contributed by atoms with Gasteiger partial charge in [-0.3, -0.25) is 4.90 Å². The van der Waals surface area contributed by atoms with Crippen LogP contribution in [0.3, 0.4) is 0 Å². The van der Waals surface area contributed by atoms with E-state index in [1.54, 1.807) is 11.8 Å². The summed E-state index contributed by atoms with van der Waals surface area (Å²) in [6.07, 6.45) is 1.12. The van der Waals surface area contributed by atoms with Gasteiger partial charge in [0.2, 0.25) is 5.89 Å². The first kappa shape index (κ1) is 19.0. The molecule has 1 aliphatic rings. The van der Waals surface area contributed by atoms with Crippen molar-refractivity contribution in [3.8, 4) is 11.5 Å². The van der Waals surface area contributed by atoms with Gasteiger partial charge in [0.05, 0.1) is 0 Å². The number of benzene rings is 2. The third-order valence-corrected chi connectivity index (χ3v) is 6.02. The monoisotopic (exact) mass is 394 g/mol. The Morgan fingerprint density at radius 3 is 2.46 bits per heavy atom. The number of hydrogen-bond donors (Lipinski definition) is 0. The molecule has 0 N–H and O–H groups in total. The first-order valence-corrected chi connectivity index (χ1v) is 10.8. The van der Waals surface area contributed by atoms with Crippen molar-refractivity contribution < 1.29 is 4.42 Å². The lowest BCUT2D eigenvalue weighted by Gasteiger charge is -2.36. The predicted molar refractivity (Wildman–Crippen MR) is 115 cm³/mol. The van der Waals surface area contributed by atoms with E-state index in [1.807, 2.05) is 18.2 Å². The third kappa shape index (κ3) is 4.75. The SMILES string of the molecule is Cc1ccccc1-c1nnc(SCCCN2CCN(c3ccccc3)CC2)o1. The molecular weight excluding hydrogens is 368 g/mol. The van der Waals surface area contributed by atoms with E-state index in [4.69, 9.17) is 4.42 Å². The highest BCUT2D eigenvalue weighted by atomic mass is 32.2. The van der Waals surface area contributed by atoms with E-state index in [1.165, 1.54) is 5.69 Å². The van der Waals surface area contributed by atoms with Gasteiger partial charge in [-0.2, -0.15) is 0 Å². The minimum Gasteiger partial charge on any atom is -0.411 e. The maximum Gasteiger partial charge on any atom is 0.276 e. The van der Waals surface area contributed by atoms with Crippen LogP contribution in [0, 0.1) is 6.92 Å². The Kier molecular flexibility index (Phi) is 6.29. The van der Waals surface area contributed by atoms with Gasteiger partial charge >= 0.3 is 0 Å². The van der Waals surface area contributed by atoms with Crippen LogP contribution in [-0.2, 0) is 0 Å². The summed E-state index contributed by atoms with van der Waals surface area (Å²) in [6, 6.07) is 18.8. The van der Waals surface area contributed by atoms with E-state index in [0.717, 1.165) is 56.0 Å². The number of nitrogens with zero attached hydrogens (tertiary/aromatic N) is 4. The number of hydrogen-bond acceptors (Lipinski definition) is 6. The van der Waals surface area contributed by atoms with E-state index in [2.05, 4.69) is 63.3 Å². The molecule has 4 rings (SSSR count). The molecule has 1 fully saturated rings. The largest absolute Gasteiger partial charge is 0.411 e. The zero-order chi connectivity index (χ0) is 19.2. The van der Waals surface area contributed by atoms with Gasteiger partial charge in [0.15, 0.2) is 0 Å². The highest BCUT2D eigenvalue weighted by molar-refractivity contribution is 7.99. The van der Waals surface area contributed by atoms with Crippen molar-refractivity contribution in [3.63, 3.8) is 0 Å². The molecule has 1 aromatic heterocycles. The van der Waals surface area contributed by atoms with Gasteiger partial charge in [0.25, 0.3) is 5.22 Å². The normalized spacial score (nSPS) is 15.1.